The molecule has 0 saturated heterocycles. The molecule has 4 heteroatoms. The van der Waals surface area contributed by atoms with Gasteiger partial charge in [-0.1, -0.05) is 6.92 Å². The van der Waals surface area contributed by atoms with Crippen LogP contribution in [0.1, 0.15) is 13.3 Å². The normalized spacial score (nSPS) is 10.2. The zero-order valence-corrected chi connectivity index (χ0v) is 6.62. The summed E-state index contributed by atoms with van der Waals surface area (Å²) < 4.78 is 4.68. The average Bonchev–Trinajstić information content (AvgIpc) is 2.06. The topological polar surface area (TPSA) is 66.8 Å². The third-order valence-corrected chi connectivity index (χ3v) is 1.29. The van der Waals surface area contributed by atoms with Crippen molar-refractivity contribution in [3.05, 3.63) is 0 Å². The number of ether oxygens (including phenoxy) is 1. The van der Waals surface area contributed by atoms with Crippen LogP contribution >= 0.6 is 0 Å². The molecule has 0 aliphatic heterocycles. The van der Waals surface area contributed by atoms with Crippen LogP contribution in [-0.4, -0.2) is 36.0 Å². The third kappa shape index (κ3) is 4.75. The van der Waals surface area contributed by atoms with Crippen LogP contribution < -0.4 is 0 Å². The lowest BCUT2D eigenvalue weighted by Gasteiger charge is -2.10. The quantitative estimate of drug-likeness (QED) is 0.537. The van der Waals surface area contributed by atoms with E-state index in [2.05, 4.69) is 4.74 Å². The van der Waals surface area contributed by atoms with Gasteiger partial charge in [0.05, 0.1) is 19.8 Å². The molecule has 0 rings (SSSR count). The number of aliphatic hydroxyl groups is 2. The smallest absolute Gasteiger partial charge is 0.305 e. The fraction of sp³-hybridized carbons (Fsp3) is 0.857. The Morgan fingerprint density at radius 3 is 2.36 bits per heavy atom. The lowest BCUT2D eigenvalue weighted by Crippen LogP contribution is -2.20. The summed E-state index contributed by atoms with van der Waals surface area (Å²) >= 11 is 0. The van der Waals surface area contributed by atoms with E-state index in [1.807, 2.05) is 0 Å². The van der Waals surface area contributed by atoms with E-state index in [1.165, 1.54) is 0 Å². The fourth-order valence-corrected chi connectivity index (χ4v) is 0.476. The van der Waals surface area contributed by atoms with Crippen molar-refractivity contribution in [3.63, 3.8) is 0 Å². The molecule has 0 saturated carbocycles. The molecule has 2 N–H and O–H groups in total. The van der Waals surface area contributed by atoms with Crippen molar-refractivity contribution in [3.8, 4) is 0 Å². The molecule has 0 spiro atoms. The first-order valence-electron chi connectivity index (χ1n) is 3.61. The molecule has 0 amide bonds. The van der Waals surface area contributed by atoms with Gasteiger partial charge in [-0.2, -0.15) is 0 Å². The molecule has 0 atom stereocenters. The molecule has 4 nitrogen and oxygen atoms in total. The number of esters is 1. The highest BCUT2D eigenvalue weighted by Crippen LogP contribution is 1.95. The molecular weight excluding hydrogens is 148 g/mol. The monoisotopic (exact) mass is 162 g/mol. The van der Waals surface area contributed by atoms with E-state index in [1.54, 1.807) is 6.92 Å². The molecule has 0 unspecified atom stereocenters. The maximum atomic E-state index is 10.6. The molecular formula is C7H14O4. The maximum absolute atomic E-state index is 10.6. The Kier molecular flexibility index (Phi) is 5.78. The molecule has 0 bridgehead atoms. The number of carbonyl (C=O) groups is 1. The summed E-state index contributed by atoms with van der Waals surface area (Å²) in [4.78, 5) is 10.6. The SMILES string of the molecule is CCC(=O)OCC(CO)CO. The van der Waals surface area contributed by atoms with E-state index in [0.29, 0.717) is 6.42 Å². The highest BCUT2D eigenvalue weighted by molar-refractivity contribution is 5.68. The zero-order valence-electron chi connectivity index (χ0n) is 6.62. The Morgan fingerprint density at radius 2 is 2.00 bits per heavy atom. The molecule has 0 aromatic heterocycles. The van der Waals surface area contributed by atoms with E-state index < -0.39 is 0 Å². The minimum atomic E-state index is -0.342. The molecule has 0 aromatic rings. The molecule has 0 aromatic carbocycles. The second-order valence-corrected chi connectivity index (χ2v) is 2.27. The summed E-state index contributed by atoms with van der Waals surface area (Å²) in [5.41, 5.74) is 0. The Balaban J connectivity index is 3.42. The van der Waals surface area contributed by atoms with E-state index in [0.717, 1.165) is 0 Å². The number of hydrogen-bond acceptors (Lipinski definition) is 4. The van der Waals surface area contributed by atoms with Gasteiger partial charge >= 0.3 is 5.97 Å². The van der Waals surface area contributed by atoms with Gasteiger partial charge in [-0.15, -0.1) is 0 Å². The highest BCUT2D eigenvalue weighted by atomic mass is 16.5. The maximum Gasteiger partial charge on any atom is 0.305 e. The second kappa shape index (κ2) is 6.12. The molecule has 11 heavy (non-hydrogen) atoms. The number of hydrogen-bond donors (Lipinski definition) is 2. The minimum absolute atomic E-state index is 0.0969. The average molecular weight is 162 g/mol. The summed E-state index contributed by atoms with van der Waals surface area (Å²) in [7, 11) is 0. The van der Waals surface area contributed by atoms with Crippen LogP contribution in [0.3, 0.4) is 0 Å². The van der Waals surface area contributed by atoms with Crippen LogP contribution in [0.25, 0.3) is 0 Å². The van der Waals surface area contributed by atoms with Gasteiger partial charge in [-0.3, -0.25) is 4.79 Å². The van der Waals surface area contributed by atoms with Gasteiger partial charge < -0.3 is 14.9 Å². The van der Waals surface area contributed by atoms with Crippen molar-refractivity contribution in [1.82, 2.24) is 0 Å². The van der Waals surface area contributed by atoms with Crippen molar-refractivity contribution in [2.24, 2.45) is 5.92 Å². The fourth-order valence-electron chi connectivity index (χ4n) is 0.476. The predicted molar refractivity (Wildman–Crippen MR) is 38.9 cm³/mol. The summed E-state index contributed by atoms with van der Waals surface area (Å²) in [6, 6.07) is 0. The molecule has 66 valence electrons. The van der Waals surface area contributed by atoms with Crippen LogP contribution in [-0.2, 0) is 9.53 Å². The second-order valence-electron chi connectivity index (χ2n) is 2.27. The van der Waals surface area contributed by atoms with Crippen LogP contribution in [0.15, 0.2) is 0 Å². The van der Waals surface area contributed by atoms with Gasteiger partial charge in [0.25, 0.3) is 0 Å². The van der Waals surface area contributed by atoms with Crippen LogP contribution in [0, 0.1) is 5.92 Å². The summed E-state index contributed by atoms with van der Waals surface area (Å²) in [5, 5.41) is 17.1. The van der Waals surface area contributed by atoms with E-state index >= 15 is 0 Å². The van der Waals surface area contributed by atoms with Crippen LogP contribution in [0.5, 0.6) is 0 Å². The first-order chi connectivity index (χ1) is 5.24. The Labute approximate surface area is 65.8 Å². The van der Waals surface area contributed by atoms with Gasteiger partial charge in [-0.25, -0.2) is 0 Å². The van der Waals surface area contributed by atoms with Gasteiger partial charge in [0, 0.05) is 12.3 Å². The lowest BCUT2D eigenvalue weighted by molar-refractivity contribution is -0.145. The van der Waals surface area contributed by atoms with Crippen molar-refractivity contribution in [1.29, 1.82) is 0 Å². The van der Waals surface area contributed by atoms with E-state index in [9.17, 15) is 4.79 Å². The zero-order chi connectivity index (χ0) is 8.69. The Hall–Kier alpha value is -0.610. The van der Waals surface area contributed by atoms with Gasteiger partial charge in [0.2, 0.25) is 0 Å². The van der Waals surface area contributed by atoms with Crippen molar-refractivity contribution in [2.75, 3.05) is 19.8 Å². The highest BCUT2D eigenvalue weighted by Gasteiger charge is 2.07. The van der Waals surface area contributed by atoms with Crippen molar-refractivity contribution in [2.45, 2.75) is 13.3 Å². The van der Waals surface area contributed by atoms with Crippen molar-refractivity contribution >= 4 is 5.97 Å². The van der Waals surface area contributed by atoms with E-state index in [4.69, 9.17) is 10.2 Å². The molecule has 0 aliphatic carbocycles. The molecule has 0 fully saturated rings. The molecule has 0 radical (unpaired) electrons. The van der Waals surface area contributed by atoms with E-state index in [-0.39, 0.29) is 31.7 Å². The summed E-state index contributed by atoms with van der Waals surface area (Å²) in [6.45, 7) is 1.47. The molecule has 0 aliphatic rings. The number of carbonyl (C=O) groups excluding carboxylic acids is 1. The van der Waals surface area contributed by atoms with Gasteiger partial charge in [-0.05, 0) is 0 Å². The first kappa shape index (κ1) is 10.4. The standard InChI is InChI=1S/C7H14O4/c1-2-7(10)11-5-6(3-8)4-9/h6,8-9H,2-5H2,1H3. The predicted octanol–water partition coefficient (Wildman–Crippen LogP) is -0.460. The number of rotatable bonds is 5. The van der Waals surface area contributed by atoms with Gasteiger partial charge in [0.1, 0.15) is 0 Å². The first-order valence-corrected chi connectivity index (χ1v) is 3.61. The summed E-state index contributed by atoms with van der Waals surface area (Å²) in [5.74, 6) is -0.651. The summed E-state index contributed by atoms with van der Waals surface area (Å²) in [6.07, 6.45) is 0.323. The lowest BCUT2D eigenvalue weighted by atomic mass is 10.2. The van der Waals surface area contributed by atoms with Crippen molar-refractivity contribution < 1.29 is 19.7 Å². The largest absolute Gasteiger partial charge is 0.465 e. The Morgan fingerprint density at radius 1 is 1.45 bits per heavy atom. The van der Waals surface area contributed by atoms with Gasteiger partial charge in [0.15, 0.2) is 0 Å². The molecule has 0 heterocycles. The number of aliphatic hydroxyl groups excluding tert-OH is 2. The van der Waals surface area contributed by atoms with Crippen LogP contribution in [0.2, 0.25) is 0 Å². The minimum Gasteiger partial charge on any atom is -0.465 e. The van der Waals surface area contributed by atoms with Crippen LogP contribution in [0.4, 0.5) is 0 Å². The Bertz CT molecular complexity index is 109. The third-order valence-electron chi connectivity index (χ3n) is 1.29.